The van der Waals surface area contributed by atoms with Crippen molar-refractivity contribution in [2.24, 2.45) is 16.8 Å². The van der Waals surface area contributed by atoms with E-state index in [1.165, 1.54) is 11.0 Å². The van der Waals surface area contributed by atoms with Gasteiger partial charge in [-0.25, -0.2) is 9.59 Å². The molecular formula is C21H35N3O5. The highest BCUT2D eigenvalue weighted by atomic mass is 16.6. The highest BCUT2D eigenvalue weighted by Crippen LogP contribution is 2.20. The summed E-state index contributed by atoms with van der Waals surface area (Å²) in [5.41, 5.74) is -0.645. The van der Waals surface area contributed by atoms with Gasteiger partial charge in [-0.05, 0) is 39.0 Å². The maximum atomic E-state index is 12.7. The summed E-state index contributed by atoms with van der Waals surface area (Å²) < 4.78 is 10.7. The molecule has 1 aliphatic heterocycles. The normalized spacial score (nSPS) is 18.4. The van der Waals surface area contributed by atoms with Gasteiger partial charge in [0, 0.05) is 0 Å². The monoisotopic (exact) mass is 409 g/mol. The van der Waals surface area contributed by atoms with Crippen LogP contribution in [0.5, 0.6) is 0 Å². The molecule has 0 aromatic carbocycles. The van der Waals surface area contributed by atoms with Gasteiger partial charge in [0.2, 0.25) is 0 Å². The van der Waals surface area contributed by atoms with Crippen molar-refractivity contribution in [3.63, 3.8) is 0 Å². The highest BCUT2D eigenvalue weighted by Gasteiger charge is 2.38. The van der Waals surface area contributed by atoms with Crippen LogP contribution < -0.4 is 5.32 Å². The van der Waals surface area contributed by atoms with Crippen LogP contribution in [0.4, 0.5) is 4.79 Å². The SMILES string of the molecule is C=CCOC(=O)N1CC(=O)N=C(NC(C(=O)OC(C)(C)C)C(C)C)C1CC(C)C. The molecule has 29 heavy (non-hydrogen) atoms. The fourth-order valence-corrected chi connectivity index (χ4v) is 2.89. The van der Waals surface area contributed by atoms with Crippen LogP contribution in [-0.4, -0.2) is 59.5 Å². The van der Waals surface area contributed by atoms with Crippen LogP contribution in [0, 0.1) is 11.8 Å². The van der Waals surface area contributed by atoms with E-state index in [2.05, 4.69) is 16.9 Å². The predicted molar refractivity (Wildman–Crippen MR) is 112 cm³/mol. The van der Waals surface area contributed by atoms with Crippen molar-refractivity contribution in [2.75, 3.05) is 13.2 Å². The molecule has 0 bridgehead atoms. The summed E-state index contributed by atoms with van der Waals surface area (Å²) in [5.74, 6) is -0.526. The summed E-state index contributed by atoms with van der Waals surface area (Å²) in [6.45, 7) is 16.6. The van der Waals surface area contributed by atoms with Crippen LogP contribution in [0.25, 0.3) is 0 Å². The number of hydrogen-bond acceptors (Lipinski definition) is 6. The Labute approximate surface area is 173 Å². The van der Waals surface area contributed by atoms with E-state index in [1.807, 2.05) is 27.7 Å². The van der Waals surface area contributed by atoms with Gasteiger partial charge in [0.1, 0.15) is 30.6 Å². The van der Waals surface area contributed by atoms with E-state index in [0.717, 1.165) is 0 Å². The molecule has 0 aromatic rings. The third kappa shape index (κ3) is 7.87. The number of ether oxygens (including phenoxy) is 2. The molecule has 0 radical (unpaired) electrons. The molecule has 0 spiro atoms. The first-order chi connectivity index (χ1) is 13.4. The van der Waals surface area contributed by atoms with Crippen LogP contribution in [0.2, 0.25) is 0 Å². The summed E-state index contributed by atoms with van der Waals surface area (Å²) in [5, 5.41) is 3.09. The van der Waals surface area contributed by atoms with E-state index in [-0.39, 0.29) is 30.8 Å². The number of esters is 1. The topological polar surface area (TPSA) is 97.3 Å². The van der Waals surface area contributed by atoms with E-state index < -0.39 is 35.7 Å². The van der Waals surface area contributed by atoms with Gasteiger partial charge in [-0.3, -0.25) is 9.69 Å². The minimum absolute atomic E-state index is 0.0460. The number of amides is 2. The molecule has 2 unspecified atom stereocenters. The molecule has 2 amide bonds. The predicted octanol–water partition coefficient (Wildman–Crippen LogP) is 2.92. The van der Waals surface area contributed by atoms with Crippen LogP contribution >= 0.6 is 0 Å². The van der Waals surface area contributed by atoms with Crippen molar-refractivity contribution >= 4 is 23.8 Å². The maximum absolute atomic E-state index is 12.7. The average molecular weight is 410 g/mol. The van der Waals surface area contributed by atoms with Gasteiger partial charge < -0.3 is 14.8 Å². The van der Waals surface area contributed by atoms with Crippen molar-refractivity contribution in [1.82, 2.24) is 10.2 Å². The van der Waals surface area contributed by atoms with Gasteiger partial charge in [-0.2, -0.15) is 4.99 Å². The number of nitrogens with zero attached hydrogens (tertiary/aromatic N) is 2. The Bertz CT molecular complexity index is 649. The van der Waals surface area contributed by atoms with E-state index in [9.17, 15) is 14.4 Å². The third-order valence-corrected chi connectivity index (χ3v) is 4.13. The Morgan fingerprint density at radius 3 is 2.41 bits per heavy atom. The Balaban J connectivity index is 3.18. The zero-order chi connectivity index (χ0) is 22.4. The smallest absolute Gasteiger partial charge is 0.411 e. The molecule has 1 aliphatic rings. The lowest BCUT2D eigenvalue weighted by Crippen LogP contribution is -2.59. The molecule has 0 saturated carbocycles. The van der Waals surface area contributed by atoms with Gasteiger partial charge in [-0.1, -0.05) is 40.3 Å². The van der Waals surface area contributed by atoms with E-state index >= 15 is 0 Å². The number of nitrogens with one attached hydrogen (secondary N) is 1. The van der Waals surface area contributed by atoms with Crippen molar-refractivity contribution in [3.8, 4) is 0 Å². The zero-order valence-corrected chi connectivity index (χ0v) is 18.7. The first kappa shape index (κ1) is 24.7. The van der Waals surface area contributed by atoms with E-state index in [4.69, 9.17) is 9.47 Å². The minimum atomic E-state index is -0.709. The molecule has 0 aliphatic carbocycles. The first-order valence-electron chi connectivity index (χ1n) is 10.0. The number of aliphatic imine (C=N–C) groups is 1. The van der Waals surface area contributed by atoms with Gasteiger partial charge in [0.25, 0.3) is 5.91 Å². The second-order valence-electron chi connectivity index (χ2n) is 8.93. The van der Waals surface area contributed by atoms with Crippen LogP contribution in [-0.2, 0) is 19.1 Å². The Morgan fingerprint density at radius 1 is 1.31 bits per heavy atom. The van der Waals surface area contributed by atoms with E-state index in [1.54, 1.807) is 20.8 Å². The lowest BCUT2D eigenvalue weighted by Gasteiger charge is -2.37. The Kier molecular flexibility index (Phi) is 8.85. The molecule has 1 heterocycles. The number of carbonyl (C=O) groups is 3. The Hall–Kier alpha value is -2.38. The van der Waals surface area contributed by atoms with Gasteiger partial charge >= 0.3 is 12.1 Å². The lowest BCUT2D eigenvalue weighted by molar-refractivity contribution is -0.158. The maximum Gasteiger partial charge on any atom is 0.411 e. The fraction of sp³-hybridized carbons (Fsp3) is 0.714. The molecule has 164 valence electrons. The van der Waals surface area contributed by atoms with Gasteiger partial charge in [0.05, 0.1) is 6.04 Å². The largest absolute Gasteiger partial charge is 0.458 e. The third-order valence-electron chi connectivity index (χ3n) is 4.13. The zero-order valence-electron chi connectivity index (χ0n) is 18.7. The first-order valence-corrected chi connectivity index (χ1v) is 10.0. The summed E-state index contributed by atoms with van der Waals surface area (Å²) in [6, 6.07) is -1.21. The molecule has 1 N–H and O–H groups in total. The molecule has 8 nitrogen and oxygen atoms in total. The number of rotatable bonds is 7. The second-order valence-corrected chi connectivity index (χ2v) is 8.93. The summed E-state index contributed by atoms with van der Waals surface area (Å²) in [6.07, 6.45) is 1.41. The van der Waals surface area contributed by atoms with E-state index in [0.29, 0.717) is 6.42 Å². The highest BCUT2D eigenvalue weighted by molar-refractivity contribution is 6.04. The van der Waals surface area contributed by atoms with Crippen LogP contribution in [0.3, 0.4) is 0 Å². The fourth-order valence-electron chi connectivity index (χ4n) is 2.89. The lowest BCUT2D eigenvalue weighted by atomic mass is 9.98. The summed E-state index contributed by atoms with van der Waals surface area (Å²) in [7, 11) is 0. The van der Waals surface area contributed by atoms with Crippen molar-refractivity contribution in [2.45, 2.75) is 72.6 Å². The number of hydrogen-bond donors (Lipinski definition) is 1. The molecule has 8 heteroatoms. The molecular weight excluding hydrogens is 374 g/mol. The number of carbonyl (C=O) groups excluding carboxylic acids is 3. The standard InChI is InChI=1S/C21H35N3O5/c1-9-10-28-20(27)24-12-16(25)22-18(15(24)11-13(2)3)23-17(14(4)5)19(26)29-21(6,7)8/h9,13-15,17H,1,10-12H2,2-8H3,(H,22,23,25). The molecule has 0 saturated heterocycles. The van der Waals surface area contributed by atoms with Crippen molar-refractivity contribution in [3.05, 3.63) is 12.7 Å². The average Bonchev–Trinajstić information content (AvgIpc) is 2.56. The van der Waals surface area contributed by atoms with Crippen molar-refractivity contribution < 1.29 is 23.9 Å². The van der Waals surface area contributed by atoms with Crippen LogP contribution in [0.1, 0.15) is 54.9 Å². The molecule has 1 rings (SSSR count). The number of amidine groups is 1. The minimum Gasteiger partial charge on any atom is -0.458 e. The molecule has 0 aromatic heterocycles. The van der Waals surface area contributed by atoms with Gasteiger partial charge in [-0.15, -0.1) is 0 Å². The quantitative estimate of drug-likeness (QED) is 0.513. The second kappa shape index (κ2) is 10.4. The summed E-state index contributed by atoms with van der Waals surface area (Å²) >= 11 is 0. The van der Waals surface area contributed by atoms with Gasteiger partial charge in [0.15, 0.2) is 0 Å². The Morgan fingerprint density at radius 2 is 1.93 bits per heavy atom. The molecule has 0 fully saturated rings. The summed E-state index contributed by atoms with van der Waals surface area (Å²) in [4.78, 5) is 42.9. The molecule has 2 atom stereocenters. The van der Waals surface area contributed by atoms with Crippen molar-refractivity contribution in [1.29, 1.82) is 0 Å². The van der Waals surface area contributed by atoms with Crippen LogP contribution in [0.15, 0.2) is 17.6 Å².